The number of aromatic amines is 1. The van der Waals surface area contributed by atoms with Gasteiger partial charge in [0.2, 0.25) is 0 Å². The van der Waals surface area contributed by atoms with Crippen LogP contribution in [0.15, 0.2) is 68.3 Å². The molecular formula is C20H26FN. The first-order valence-electron chi connectivity index (χ1n) is 7.39. The van der Waals surface area contributed by atoms with E-state index >= 15 is 0 Å². The fourth-order valence-corrected chi connectivity index (χ4v) is 1.67. The minimum atomic E-state index is -0.220. The maximum Gasteiger partial charge on any atom is 0.132 e. The molecule has 0 spiro atoms. The highest BCUT2D eigenvalue weighted by atomic mass is 19.1. The quantitative estimate of drug-likeness (QED) is 0.481. The summed E-state index contributed by atoms with van der Waals surface area (Å²) in [4.78, 5) is 3.14. The molecule has 0 saturated heterocycles. The van der Waals surface area contributed by atoms with Crippen molar-refractivity contribution in [2.24, 2.45) is 0 Å². The van der Waals surface area contributed by atoms with Gasteiger partial charge in [-0.2, -0.15) is 0 Å². The van der Waals surface area contributed by atoms with Crippen molar-refractivity contribution < 1.29 is 4.39 Å². The molecule has 1 heterocycles. The second kappa shape index (κ2) is 11.3. The number of H-pyrrole nitrogens is 1. The number of nitrogens with one attached hydrogen (secondary N) is 1. The van der Waals surface area contributed by atoms with Crippen LogP contribution < -0.4 is 0 Å². The Kier molecular flexibility index (Phi) is 10.1. The molecule has 0 radical (unpaired) electrons. The van der Waals surface area contributed by atoms with Crippen LogP contribution in [0.1, 0.15) is 32.9 Å². The van der Waals surface area contributed by atoms with E-state index in [0.717, 1.165) is 16.8 Å². The first kappa shape index (κ1) is 19.7. The van der Waals surface area contributed by atoms with E-state index in [1.54, 1.807) is 30.4 Å². The van der Waals surface area contributed by atoms with Gasteiger partial charge >= 0.3 is 0 Å². The molecule has 1 N–H and O–H groups in total. The van der Waals surface area contributed by atoms with Gasteiger partial charge in [-0.15, -0.1) is 6.58 Å². The Bertz CT molecular complexity index is 632. The van der Waals surface area contributed by atoms with Gasteiger partial charge in [-0.3, -0.25) is 0 Å². The molecule has 1 aromatic heterocycles. The van der Waals surface area contributed by atoms with Crippen molar-refractivity contribution in [2.45, 2.75) is 27.2 Å². The van der Waals surface area contributed by atoms with Crippen LogP contribution in [-0.4, -0.2) is 4.98 Å². The third kappa shape index (κ3) is 5.96. The molecule has 2 heteroatoms. The van der Waals surface area contributed by atoms with Gasteiger partial charge < -0.3 is 4.98 Å². The highest BCUT2D eigenvalue weighted by Gasteiger charge is 2.06. The minimum Gasteiger partial charge on any atom is -0.354 e. The Morgan fingerprint density at radius 3 is 2.27 bits per heavy atom. The van der Waals surface area contributed by atoms with Crippen LogP contribution in [0.2, 0.25) is 0 Å². The van der Waals surface area contributed by atoms with Gasteiger partial charge in [-0.25, -0.2) is 4.39 Å². The lowest BCUT2D eigenvalue weighted by Gasteiger charge is -1.95. The topological polar surface area (TPSA) is 15.8 Å². The van der Waals surface area contributed by atoms with Crippen molar-refractivity contribution in [1.82, 2.24) is 4.98 Å². The third-order valence-electron chi connectivity index (χ3n) is 2.44. The standard InChI is InChI=1S/C14H12FN.C3H8.C3H6/c1-3-6-10(4-2)14-9-11-12(15)7-5-8-13(11)16-14;2*1-3-2/h3-9,16H,1-2H2;3H2,1-2H3;3H,1H2,2H3/b10-6+;;. The molecule has 0 fully saturated rings. The van der Waals surface area contributed by atoms with E-state index < -0.39 is 0 Å². The van der Waals surface area contributed by atoms with Crippen LogP contribution in [0.3, 0.4) is 0 Å². The maximum absolute atomic E-state index is 13.5. The summed E-state index contributed by atoms with van der Waals surface area (Å²) in [6, 6.07) is 6.76. The lowest BCUT2D eigenvalue weighted by atomic mass is 10.1. The zero-order chi connectivity index (χ0) is 17.0. The molecule has 2 aromatic rings. The summed E-state index contributed by atoms with van der Waals surface area (Å²) >= 11 is 0. The molecule has 118 valence electrons. The molecule has 0 aliphatic rings. The predicted molar refractivity (Wildman–Crippen MR) is 98.5 cm³/mol. The summed E-state index contributed by atoms with van der Waals surface area (Å²) in [5.41, 5.74) is 2.52. The summed E-state index contributed by atoms with van der Waals surface area (Å²) in [6.07, 6.45) is 8.22. The molecular weight excluding hydrogens is 273 g/mol. The van der Waals surface area contributed by atoms with E-state index in [2.05, 4.69) is 38.6 Å². The lowest BCUT2D eigenvalue weighted by molar-refractivity contribution is 0.640. The van der Waals surface area contributed by atoms with Gasteiger partial charge in [-0.1, -0.05) is 63.8 Å². The average molecular weight is 299 g/mol. The van der Waals surface area contributed by atoms with Crippen molar-refractivity contribution in [2.75, 3.05) is 0 Å². The molecule has 2 rings (SSSR count). The number of halogens is 1. The van der Waals surface area contributed by atoms with E-state index in [1.807, 2.05) is 19.1 Å². The van der Waals surface area contributed by atoms with Crippen LogP contribution in [0.4, 0.5) is 4.39 Å². The van der Waals surface area contributed by atoms with Crippen molar-refractivity contribution in [1.29, 1.82) is 0 Å². The Labute approximate surface area is 133 Å². The molecule has 0 unspecified atom stereocenters. The van der Waals surface area contributed by atoms with Crippen LogP contribution in [0, 0.1) is 5.82 Å². The van der Waals surface area contributed by atoms with Crippen LogP contribution in [0.25, 0.3) is 16.5 Å². The summed E-state index contributed by atoms with van der Waals surface area (Å²) in [5, 5.41) is 0.592. The van der Waals surface area contributed by atoms with Gasteiger partial charge in [-0.05, 0) is 30.7 Å². The molecule has 22 heavy (non-hydrogen) atoms. The fraction of sp³-hybridized carbons (Fsp3) is 0.200. The fourth-order valence-electron chi connectivity index (χ4n) is 1.67. The molecule has 0 amide bonds. The van der Waals surface area contributed by atoms with E-state index in [4.69, 9.17) is 0 Å². The molecule has 0 bridgehead atoms. The highest BCUT2D eigenvalue weighted by molar-refractivity contribution is 5.87. The van der Waals surface area contributed by atoms with E-state index in [1.165, 1.54) is 12.5 Å². The van der Waals surface area contributed by atoms with Gasteiger partial charge in [0.25, 0.3) is 0 Å². The monoisotopic (exact) mass is 299 g/mol. The van der Waals surface area contributed by atoms with Crippen molar-refractivity contribution in [3.05, 3.63) is 79.8 Å². The van der Waals surface area contributed by atoms with E-state index in [0.29, 0.717) is 5.39 Å². The Balaban J connectivity index is 0.000000639. The summed E-state index contributed by atoms with van der Waals surface area (Å²) in [5.74, 6) is -0.220. The minimum absolute atomic E-state index is 0.220. The zero-order valence-electron chi connectivity index (χ0n) is 13.8. The zero-order valence-corrected chi connectivity index (χ0v) is 13.8. The Morgan fingerprint density at radius 1 is 1.23 bits per heavy atom. The molecule has 1 aromatic carbocycles. The van der Waals surface area contributed by atoms with Gasteiger partial charge in [0.05, 0.1) is 0 Å². The van der Waals surface area contributed by atoms with Crippen molar-refractivity contribution >= 4 is 16.5 Å². The number of hydrogen-bond acceptors (Lipinski definition) is 0. The van der Waals surface area contributed by atoms with Crippen molar-refractivity contribution in [3.8, 4) is 0 Å². The smallest absolute Gasteiger partial charge is 0.132 e. The third-order valence-corrected chi connectivity index (χ3v) is 2.44. The second-order valence-electron chi connectivity index (χ2n) is 4.56. The Morgan fingerprint density at radius 2 is 1.82 bits per heavy atom. The number of aromatic nitrogens is 1. The van der Waals surface area contributed by atoms with Crippen molar-refractivity contribution in [3.63, 3.8) is 0 Å². The molecule has 0 aliphatic carbocycles. The Hall–Kier alpha value is -2.35. The molecule has 0 atom stereocenters. The number of hydrogen-bond donors (Lipinski definition) is 1. The number of benzene rings is 1. The second-order valence-corrected chi connectivity index (χ2v) is 4.56. The molecule has 0 aliphatic heterocycles. The van der Waals surface area contributed by atoms with Crippen LogP contribution in [0.5, 0.6) is 0 Å². The maximum atomic E-state index is 13.5. The van der Waals surface area contributed by atoms with Gasteiger partial charge in [0, 0.05) is 16.6 Å². The van der Waals surface area contributed by atoms with E-state index in [9.17, 15) is 4.39 Å². The molecule has 0 saturated carbocycles. The van der Waals surface area contributed by atoms with Gasteiger partial charge in [0.1, 0.15) is 5.82 Å². The van der Waals surface area contributed by atoms with E-state index in [-0.39, 0.29) is 5.82 Å². The first-order chi connectivity index (χ1) is 10.6. The summed E-state index contributed by atoms with van der Waals surface area (Å²) in [6.45, 7) is 16.9. The number of fused-ring (bicyclic) bond motifs is 1. The first-order valence-corrected chi connectivity index (χ1v) is 7.39. The highest BCUT2D eigenvalue weighted by Crippen LogP contribution is 2.23. The van der Waals surface area contributed by atoms with Crippen LogP contribution in [-0.2, 0) is 0 Å². The largest absolute Gasteiger partial charge is 0.354 e. The lowest BCUT2D eigenvalue weighted by Crippen LogP contribution is -1.78. The average Bonchev–Trinajstić information content (AvgIpc) is 2.92. The number of allylic oxidation sites excluding steroid dienone is 5. The summed E-state index contributed by atoms with van der Waals surface area (Å²) in [7, 11) is 0. The number of rotatable bonds is 3. The van der Waals surface area contributed by atoms with Gasteiger partial charge in [0.15, 0.2) is 0 Å². The summed E-state index contributed by atoms with van der Waals surface area (Å²) < 4.78 is 13.5. The normalized spacial score (nSPS) is 9.91. The molecule has 1 nitrogen and oxygen atoms in total. The van der Waals surface area contributed by atoms with Crippen LogP contribution >= 0.6 is 0 Å². The predicted octanol–water partition coefficient (Wildman–Crippen LogP) is 6.67. The SMILES string of the molecule is C=C/C=C(\C=C)c1cc2c(F)cccc2[nH]1.C=CC.CCC.